The summed E-state index contributed by atoms with van der Waals surface area (Å²) < 4.78 is 0. The molecule has 100 valence electrons. The summed E-state index contributed by atoms with van der Waals surface area (Å²) in [5, 5.41) is 2.96. The molecule has 3 heteroatoms. The first-order chi connectivity index (χ1) is 9.20. The lowest BCUT2D eigenvalue weighted by Crippen LogP contribution is -2.43. The van der Waals surface area contributed by atoms with Crippen LogP contribution in [0.3, 0.4) is 0 Å². The fourth-order valence-electron chi connectivity index (χ4n) is 2.70. The van der Waals surface area contributed by atoms with E-state index in [1.54, 1.807) is 0 Å². The number of rotatable bonds is 3. The standard InChI is InChI=1S/C16H20N2O/c1-2-13-7-6-8-14(11-13)18-15(19)16(12-17)9-4-3-5-10-16/h1,6-8,11H,3-5,9-10,12,17H2,(H,18,19). The maximum absolute atomic E-state index is 12.5. The van der Waals surface area contributed by atoms with Gasteiger partial charge in [-0.15, -0.1) is 6.42 Å². The van der Waals surface area contributed by atoms with Crippen molar-refractivity contribution in [3.05, 3.63) is 29.8 Å². The van der Waals surface area contributed by atoms with Crippen LogP contribution in [-0.4, -0.2) is 12.5 Å². The van der Waals surface area contributed by atoms with Crippen LogP contribution in [0.25, 0.3) is 0 Å². The molecular weight excluding hydrogens is 236 g/mol. The number of nitrogens with one attached hydrogen (secondary N) is 1. The summed E-state index contributed by atoms with van der Waals surface area (Å²) in [4.78, 5) is 12.5. The topological polar surface area (TPSA) is 55.1 Å². The van der Waals surface area contributed by atoms with Gasteiger partial charge in [0.2, 0.25) is 5.91 Å². The number of carbonyl (C=O) groups is 1. The molecule has 1 aromatic rings. The molecule has 0 bridgehead atoms. The van der Waals surface area contributed by atoms with Gasteiger partial charge in [-0.05, 0) is 31.0 Å². The van der Waals surface area contributed by atoms with E-state index in [0.717, 1.165) is 36.9 Å². The Labute approximate surface area is 114 Å². The fourth-order valence-corrected chi connectivity index (χ4v) is 2.70. The minimum Gasteiger partial charge on any atom is -0.329 e. The first-order valence-corrected chi connectivity index (χ1v) is 6.78. The minimum absolute atomic E-state index is 0.0314. The van der Waals surface area contributed by atoms with E-state index >= 15 is 0 Å². The molecule has 1 fully saturated rings. The van der Waals surface area contributed by atoms with E-state index in [1.165, 1.54) is 6.42 Å². The van der Waals surface area contributed by atoms with E-state index in [-0.39, 0.29) is 5.91 Å². The Balaban J connectivity index is 2.13. The van der Waals surface area contributed by atoms with E-state index in [9.17, 15) is 4.79 Å². The zero-order valence-corrected chi connectivity index (χ0v) is 11.1. The molecule has 1 aliphatic rings. The van der Waals surface area contributed by atoms with Gasteiger partial charge in [0.1, 0.15) is 0 Å². The van der Waals surface area contributed by atoms with Crippen LogP contribution in [0.5, 0.6) is 0 Å². The quantitative estimate of drug-likeness (QED) is 0.816. The van der Waals surface area contributed by atoms with E-state index < -0.39 is 5.41 Å². The lowest BCUT2D eigenvalue weighted by molar-refractivity contribution is -0.126. The summed E-state index contributed by atoms with van der Waals surface area (Å²) in [6.45, 7) is 0.410. The fraction of sp³-hybridized carbons (Fsp3) is 0.438. The van der Waals surface area contributed by atoms with Gasteiger partial charge in [0, 0.05) is 17.8 Å². The van der Waals surface area contributed by atoms with Gasteiger partial charge in [-0.2, -0.15) is 0 Å². The highest BCUT2D eigenvalue weighted by Gasteiger charge is 2.38. The lowest BCUT2D eigenvalue weighted by Gasteiger charge is -2.34. The zero-order valence-electron chi connectivity index (χ0n) is 11.1. The number of nitrogens with two attached hydrogens (primary N) is 1. The Bertz CT molecular complexity index is 496. The van der Waals surface area contributed by atoms with Crippen molar-refractivity contribution in [2.24, 2.45) is 11.1 Å². The second-order valence-corrected chi connectivity index (χ2v) is 5.22. The van der Waals surface area contributed by atoms with Crippen LogP contribution in [0, 0.1) is 17.8 Å². The van der Waals surface area contributed by atoms with Gasteiger partial charge in [0.15, 0.2) is 0 Å². The molecule has 3 nitrogen and oxygen atoms in total. The molecule has 0 unspecified atom stereocenters. The highest BCUT2D eigenvalue weighted by atomic mass is 16.2. The number of hydrogen-bond donors (Lipinski definition) is 2. The first kappa shape index (κ1) is 13.6. The van der Waals surface area contributed by atoms with Crippen LogP contribution in [0.1, 0.15) is 37.7 Å². The van der Waals surface area contributed by atoms with Crippen LogP contribution in [0.15, 0.2) is 24.3 Å². The summed E-state index contributed by atoms with van der Waals surface area (Å²) in [6, 6.07) is 7.35. The monoisotopic (exact) mass is 256 g/mol. The first-order valence-electron chi connectivity index (χ1n) is 6.78. The van der Waals surface area contributed by atoms with E-state index in [1.807, 2.05) is 24.3 Å². The molecule has 0 saturated heterocycles. The Morgan fingerprint density at radius 3 is 2.74 bits per heavy atom. The van der Waals surface area contributed by atoms with Crippen molar-refractivity contribution in [3.8, 4) is 12.3 Å². The minimum atomic E-state index is -0.398. The van der Waals surface area contributed by atoms with Crippen molar-refractivity contribution >= 4 is 11.6 Å². The summed E-state index contributed by atoms with van der Waals surface area (Å²) in [7, 11) is 0. The Kier molecular flexibility index (Phi) is 4.24. The second kappa shape index (κ2) is 5.90. The van der Waals surface area contributed by atoms with Crippen LogP contribution in [0.4, 0.5) is 5.69 Å². The Morgan fingerprint density at radius 2 is 2.11 bits per heavy atom. The summed E-state index contributed by atoms with van der Waals surface area (Å²) in [5.74, 6) is 2.60. The number of terminal acetylenes is 1. The molecule has 0 spiro atoms. The smallest absolute Gasteiger partial charge is 0.231 e. The maximum atomic E-state index is 12.5. The normalized spacial score (nSPS) is 17.5. The van der Waals surface area contributed by atoms with Crippen LogP contribution >= 0.6 is 0 Å². The summed E-state index contributed by atoms with van der Waals surface area (Å²) in [6.07, 6.45) is 10.5. The van der Waals surface area contributed by atoms with Gasteiger partial charge >= 0.3 is 0 Å². The molecule has 1 aliphatic carbocycles. The molecule has 0 aliphatic heterocycles. The van der Waals surface area contributed by atoms with E-state index in [2.05, 4.69) is 11.2 Å². The summed E-state index contributed by atoms with van der Waals surface area (Å²) in [5.41, 5.74) is 6.97. The Morgan fingerprint density at radius 1 is 1.37 bits per heavy atom. The van der Waals surface area contributed by atoms with E-state index in [0.29, 0.717) is 6.54 Å². The molecule has 0 heterocycles. The lowest BCUT2D eigenvalue weighted by atomic mass is 9.73. The maximum Gasteiger partial charge on any atom is 0.231 e. The van der Waals surface area contributed by atoms with E-state index in [4.69, 9.17) is 12.2 Å². The van der Waals surface area contributed by atoms with Crippen molar-refractivity contribution in [2.45, 2.75) is 32.1 Å². The van der Waals surface area contributed by atoms with Gasteiger partial charge in [-0.3, -0.25) is 4.79 Å². The SMILES string of the molecule is C#Cc1cccc(NC(=O)C2(CN)CCCCC2)c1. The van der Waals surface area contributed by atoms with Crippen molar-refractivity contribution in [2.75, 3.05) is 11.9 Å². The van der Waals surface area contributed by atoms with Crippen molar-refractivity contribution in [1.29, 1.82) is 0 Å². The predicted molar refractivity (Wildman–Crippen MR) is 77.6 cm³/mol. The molecule has 0 atom stereocenters. The molecule has 0 aromatic heterocycles. The van der Waals surface area contributed by atoms with Crippen molar-refractivity contribution < 1.29 is 4.79 Å². The average Bonchev–Trinajstić information content (AvgIpc) is 2.48. The molecule has 19 heavy (non-hydrogen) atoms. The zero-order chi connectivity index (χ0) is 13.7. The van der Waals surface area contributed by atoms with Crippen LogP contribution < -0.4 is 11.1 Å². The van der Waals surface area contributed by atoms with Crippen LogP contribution in [-0.2, 0) is 4.79 Å². The van der Waals surface area contributed by atoms with Crippen LogP contribution in [0.2, 0.25) is 0 Å². The van der Waals surface area contributed by atoms with Gasteiger partial charge < -0.3 is 11.1 Å². The number of carbonyl (C=O) groups excluding carboxylic acids is 1. The number of amides is 1. The molecule has 1 amide bonds. The number of benzene rings is 1. The third-order valence-corrected chi connectivity index (χ3v) is 3.97. The molecule has 1 aromatic carbocycles. The third kappa shape index (κ3) is 2.97. The van der Waals surface area contributed by atoms with Gasteiger partial charge in [-0.1, -0.05) is 31.2 Å². The summed E-state index contributed by atoms with van der Waals surface area (Å²) >= 11 is 0. The molecule has 3 N–H and O–H groups in total. The highest BCUT2D eigenvalue weighted by molar-refractivity contribution is 5.95. The Hall–Kier alpha value is -1.79. The van der Waals surface area contributed by atoms with Crippen molar-refractivity contribution in [3.63, 3.8) is 0 Å². The van der Waals surface area contributed by atoms with Gasteiger partial charge in [0.25, 0.3) is 0 Å². The largest absolute Gasteiger partial charge is 0.329 e. The highest BCUT2D eigenvalue weighted by Crippen LogP contribution is 2.36. The van der Waals surface area contributed by atoms with Gasteiger partial charge in [-0.25, -0.2) is 0 Å². The molecular formula is C16H20N2O. The molecule has 1 saturated carbocycles. The second-order valence-electron chi connectivity index (χ2n) is 5.22. The number of anilines is 1. The predicted octanol–water partition coefficient (Wildman–Crippen LogP) is 2.52. The number of hydrogen-bond acceptors (Lipinski definition) is 2. The molecule has 2 rings (SSSR count). The average molecular weight is 256 g/mol. The molecule has 0 radical (unpaired) electrons. The third-order valence-electron chi connectivity index (χ3n) is 3.97. The van der Waals surface area contributed by atoms with Gasteiger partial charge in [0.05, 0.1) is 5.41 Å². The van der Waals surface area contributed by atoms with Crippen molar-refractivity contribution in [1.82, 2.24) is 0 Å².